The Kier molecular flexibility index (Phi) is 27.1. The molecule has 0 heterocycles. The molecule has 0 rings (SSSR count). The van der Waals surface area contributed by atoms with Gasteiger partial charge in [0, 0.05) is 13.8 Å². The number of carboxylic acids is 1. The van der Waals surface area contributed by atoms with Gasteiger partial charge in [-0.2, -0.15) is 0 Å². The van der Waals surface area contributed by atoms with Crippen LogP contribution in [0.2, 0.25) is 0 Å². The van der Waals surface area contributed by atoms with Crippen molar-refractivity contribution >= 4 is 5.97 Å². The monoisotopic (exact) mass is 380 g/mol. The molecule has 2 heteroatoms. The minimum absolute atomic E-state index is 0. The summed E-state index contributed by atoms with van der Waals surface area (Å²) >= 11 is 0. The highest BCUT2D eigenvalue weighted by atomic mass is 16.4. The molecule has 27 heavy (non-hydrogen) atoms. The fourth-order valence-corrected chi connectivity index (χ4v) is 3.71. The molecule has 160 valence electrons. The minimum atomic E-state index is -0.650. The number of carboxylic acid groups (broad SMARTS) is 1. The Morgan fingerprint density at radius 1 is 0.481 bits per heavy atom. The van der Waals surface area contributed by atoms with Crippen LogP contribution in [0.4, 0.5) is 0 Å². The largest absolute Gasteiger partial charge is 0.481 e. The van der Waals surface area contributed by atoms with E-state index in [1.807, 2.05) is 0 Å². The number of rotatable bonds is 22. The third-order valence-corrected chi connectivity index (χ3v) is 5.49. The highest BCUT2D eigenvalue weighted by Crippen LogP contribution is 2.15. The summed E-state index contributed by atoms with van der Waals surface area (Å²) in [5.41, 5.74) is 0. The summed E-state index contributed by atoms with van der Waals surface area (Å²) in [5.74, 6) is -0.650. The van der Waals surface area contributed by atoms with Gasteiger partial charge in [-0.25, -0.2) is 0 Å². The van der Waals surface area contributed by atoms with Gasteiger partial charge in [-0.3, -0.25) is 4.79 Å². The van der Waals surface area contributed by atoms with Gasteiger partial charge in [0.15, 0.2) is 0 Å². The second-order valence-corrected chi connectivity index (χ2v) is 8.21. The molecule has 0 aromatic heterocycles. The molecule has 0 spiro atoms. The first kappa shape index (κ1) is 28.7. The fraction of sp³-hybridized carbons (Fsp3) is 0.920. The topological polar surface area (TPSA) is 37.3 Å². The van der Waals surface area contributed by atoms with Gasteiger partial charge in [0.2, 0.25) is 0 Å². The van der Waals surface area contributed by atoms with Crippen LogP contribution in [0.1, 0.15) is 148 Å². The van der Waals surface area contributed by atoms with Crippen molar-refractivity contribution in [1.82, 2.24) is 0 Å². The first-order chi connectivity index (χ1) is 12.8. The standard InChI is InChI=1S/C24H48O2.C/c1-2-3-4-5-6-7-8-9-10-11-12-13-14-15-16-17-18-19-20-21-22-23-24(25)26;/h2-23H2,1H3,(H,25,26);. The molecule has 0 aliphatic carbocycles. The molecule has 4 radical (unpaired) electrons. The van der Waals surface area contributed by atoms with Crippen molar-refractivity contribution < 1.29 is 9.90 Å². The maximum atomic E-state index is 10.4. The molecule has 0 fully saturated rings. The van der Waals surface area contributed by atoms with E-state index in [1.165, 1.54) is 122 Å². The summed E-state index contributed by atoms with van der Waals surface area (Å²) in [4.78, 5) is 10.4. The average Bonchev–Trinajstić information content (AvgIpc) is 2.62. The summed E-state index contributed by atoms with van der Waals surface area (Å²) in [6.45, 7) is 2.29. The first-order valence-corrected chi connectivity index (χ1v) is 12.0. The second-order valence-electron chi connectivity index (χ2n) is 8.21. The van der Waals surface area contributed by atoms with Gasteiger partial charge < -0.3 is 5.11 Å². The van der Waals surface area contributed by atoms with Crippen LogP contribution in [0.3, 0.4) is 0 Å². The Morgan fingerprint density at radius 2 is 0.704 bits per heavy atom. The van der Waals surface area contributed by atoms with Crippen molar-refractivity contribution in [2.75, 3.05) is 0 Å². The number of hydrogen-bond acceptors (Lipinski definition) is 1. The number of carbonyl (C=O) groups is 1. The smallest absolute Gasteiger partial charge is 0.303 e. The Morgan fingerprint density at radius 3 is 0.926 bits per heavy atom. The van der Waals surface area contributed by atoms with Gasteiger partial charge in [0.05, 0.1) is 0 Å². The quantitative estimate of drug-likeness (QED) is 0.191. The molecule has 2 nitrogen and oxygen atoms in total. The van der Waals surface area contributed by atoms with Crippen LogP contribution < -0.4 is 0 Å². The molecular formula is C25H48O2. The third kappa shape index (κ3) is 27.8. The van der Waals surface area contributed by atoms with Crippen LogP contribution in [0.15, 0.2) is 0 Å². The maximum Gasteiger partial charge on any atom is 0.303 e. The van der Waals surface area contributed by atoms with Crippen LogP contribution in [-0.4, -0.2) is 11.1 Å². The first-order valence-electron chi connectivity index (χ1n) is 12.0. The van der Waals surface area contributed by atoms with E-state index in [2.05, 4.69) is 6.92 Å². The molecule has 0 atom stereocenters. The van der Waals surface area contributed by atoms with Crippen molar-refractivity contribution in [3.8, 4) is 0 Å². The predicted molar refractivity (Wildman–Crippen MR) is 118 cm³/mol. The fourth-order valence-electron chi connectivity index (χ4n) is 3.71. The van der Waals surface area contributed by atoms with Gasteiger partial charge in [-0.15, -0.1) is 0 Å². The van der Waals surface area contributed by atoms with Crippen LogP contribution >= 0.6 is 0 Å². The van der Waals surface area contributed by atoms with Crippen LogP contribution in [0, 0.1) is 7.43 Å². The van der Waals surface area contributed by atoms with Gasteiger partial charge in [0.1, 0.15) is 0 Å². The van der Waals surface area contributed by atoms with E-state index >= 15 is 0 Å². The molecule has 0 bridgehead atoms. The van der Waals surface area contributed by atoms with Crippen LogP contribution in [0.5, 0.6) is 0 Å². The van der Waals surface area contributed by atoms with Crippen molar-refractivity contribution in [2.24, 2.45) is 0 Å². The SMILES string of the molecule is CCCCCCCCCCCCCCCCCCCCCCCC(=O)O.[C]. The van der Waals surface area contributed by atoms with Gasteiger partial charge >= 0.3 is 5.97 Å². The lowest BCUT2D eigenvalue weighted by Gasteiger charge is -2.04. The average molecular weight is 381 g/mol. The predicted octanol–water partition coefficient (Wildman–Crippen LogP) is 8.75. The van der Waals surface area contributed by atoms with Gasteiger partial charge in [-0.05, 0) is 6.42 Å². The zero-order chi connectivity index (χ0) is 19.1. The number of hydrogen-bond donors (Lipinski definition) is 1. The van der Waals surface area contributed by atoms with Crippen LogP contribution in [-0.2, 0) is 4.79 Å². The zero-order valence-corrected chi connectivity index (χ0v) is 18.4. The zero-order valence-electron chi connectivity index (χ0n) is 18.4. The number of aliphatic carboxylic acids is 1. The molecule has 0 amide bonds. The highest BCUT2D eigenvalue weighted by Gasteiger charge is 1.97. The van der Waals surface area contributed by atoms with E-state index in [1.54, 1.807) is 0 Å². The molecule has 0 aliphatic heterocycles. The normalized spacial score (nSPS) is 10.7. The Hall–Kier alpha value is -0.530. The second kappa shape index (κ2) is 25.5. The lowest BCUT2D eigenvalue weighted by atomic mass is 10.0. The van der Waals surface area contributed by atoms with E-state index in [0.29, 0.717) is 6.42 Å². The van der Waals surface area contributed by atoms with Gasteiger partial charge in [0.25, 0.3) is 0 Å². The summed E-state index contributed by atoms with van der Waals surface area (Å²) < 4.78 is 0. The van der Waals surface area contributed by atoms with Crippen molar-refractivity contribution in [3.05, 3.63) is 7.43 Å². The number of unbranched alkanes of at least 4 members (excludes halogenated alkanes) is 20. The molecule has 0 aromatic rings. The summed E-state index contributed by atoms with van der Waals surface area (Å²) in [6.07, 6.45) is 29.1. The molecule has 0 unspecified atom stereocenters. The maximum absolute atomic E-state index is 10.4. The Bertz CT molecular complexity index is 275. The van der Waals surface area contributed by atoms with Crippen LogP contribution in [0.25, 0.3) is 0 Å². The lowest BCUT2D eigenvalue weighted by Crippen LogP contribution is -1.93. The molecule has 0 saturated heterocycles. The summed E-state index contributed by atoms with van der Waals surface area (Å²) in [7, 11) is 0. The highest BCUT2D eigenvalue weighted by molar-refractivity contribution is 5.66. The molecular weight excluding hydrogens is 332 g/mol. The van der Waals surface area contributed by atoms with E-state index in [4.69, 9.17) is 5.11 Å². The molecule has 0 saturated carbocycles. The van der Waals surface area contributed by atoms with Crippen molar-refractivity contribution in [2.45, 2.75) is 148 Å². The lowest BCUT2D eigenvalue weighted by molar-refractivity contribution is -0.137. The summed E-state index contributed by atoms with van der Waals surface area (Å²) in [6, 6.07) is 0. The molecule has 1 N–H and O–H groups in total. The van der Waals surface area contributed by atoms with E-state index < -0.39 is 5.97 Å². The van der Waals surface area contributed by atoms with E-state index in [9.17, 15) is 4.79 Å². The molecule has 0 aromatic carbocycles. The van der Waals surface area contributed by atoms with Gasteiger partial charge in [-0.1, -0.05) is 135 Å². The Balaban J connectivity index is 0. The summed E-state index contributed by atoms with van der Waals surface area (Å²) in [5, 5.41) is 8.57. The Labute approximate surface area is 171 Å². The van der Waals surface area contributed by atoms with E-state index in [-0.39, 0.29) is 7.43 Å². The van der Waals surface area contributed by atoms with Crippen molar-refractivity contribution in [1.29, 1.82) is 0 Å². The van der Waals surface area contributed by atoms with E-state index in [0.717, 1.165) is 12.8 Å². The molecule has 0 aliphatic rings. The minimum Gasteiger partial charge on any atom is -0.481 e. The third-order valence-electron chi connectivity index (χ3n) is 5.49. The van der Waals surface area contributed by atoms with Crippen molar-refractivity contribution in [3.63, 3.8) is 0 Å².